The summed E-state index contributed by atoms with van der Waals surface area (Å²) in [7, 11) is 0. The number of nitrogens with zero attached hydrogens (tertiary/aromatic N) is 1. The van der Waals surface area contributed by atoms with Crippen molar-refractivity contribution in [3.63, 3.8) is 0 Å². The predicted molar refractivity (Wildman–Crippen MR) is 105 cm³/mol. The highest BCUT2D eigenvalue weighted by atomic mass is 19.1. The summed E-state index contributed by atoms with van der Waals surface area (Å²) in [5.74, 6) is -0.140. The van der Waals surface area contributed by atoms with Crippen LogP contribution in [0, 0.1) is 5.82 Å². The predicted octanol–water partition coefficient (Wildman–Crippen LogP) is 3.63. The summed E-state index contributed by atoms with van der Waals surface area (Å²) in [6.45, 7) is 2.35. The van der Waals surface area contributed by atoms with Crippen molar-refractivity contribution in [1.82, 2.24) is 15.2 Å². The van der Waals surface area contributed by atoms with Gasteiger partial charge >= 0.3 is 0 Å². The molecule has 4 rings (SSSR count). The largest absolute Gasteiger partial charge is 0.361 e. The van der Waals surface area contributed by atoms with Gasteiger partial charge in [-0.15, -0.1) is 0 Å². The van der Waals surface area contributed by atoms with Gasteiger partial charge in [0, 0.05) is 30.2 Å². The van der Waals surface area contributed by atoms with E-state index in [1.54, 1.807) is 6.07 Å². The molecule has 1 amide bonds. The Hall–Kier alpha value is -2.66. The number of rotatable bonds is 6. The summed E-state index contributed by atoms with van der Waals surface area (Å²) >= 11 is 0. The highest BCUT2D eigenvalue weighted by molar-refractivity contribution is 5.84. The maximum atomic E-state index is 13.3. The Labute approximate surface area is 158 Å². The monoisotopic (exact) mass is 365 g/mol. The zero-order chi connectivity index (χ0) is 18.6. The van der Waals surface area contributed by atoms with Crippen molar-refractivity contribution in [3.05, 3.63) is 71.7 Å². The van der Waals surface area contributed by atoms with E-state index in [4.69, 9.17) is 0 Å². The van der Waals surface area contributed by atoms with Crippen LogP contribution in [0.4, 0.5) is 4.39 Å². The second kappa shape index (κ2) is 7.92. The molecule has 1 aliphatic heterocycles. The molecule has 1 atom stereocenters. The lowest BCUT2D eigenvalue weighted by Crippen LogP contribution is -2.43. The second-order valence-electron chi connectivity index (χ2n) is 7.16. The fourth-order valence-electron chi connectivity index (χ4n) is 3.93. The van der Waals surface area contributed by atoms with Gasteiger partial charge < -0.3 is 10.3 Å². The summed E-state index contributed by atoms with van der Waals surface area (Å²) in [4.78, 5) is 18.0. The maximum Gasteiger partial charge on any atom is 0.237 e. The van der Waals surface area contributed by atoms with Crippen LogP contribution in [-0.4, -0.2) is 34.9 Å². The first kappa shape index (κ1) is 17.7. The van der Waals surface area contributed by atoms with Crippen molar-refractivity contribution in [1.29, 1.82) is 0 Å². The van der Waals surface area contributed by atoms with Crippen LogP contribution in [-0.2, 0) is 17.8 Å². The summed E-state index contributed by atoms with van der Waals surface area (Å²) in [6.07, 6.45) is 4.58. The van der Waals surface area contributed by atoms with Gasteiger partial charge in [0.15, 0.2) is 0 Å². The number of fused-ring (bicyclic) bond motifs is 1. The number of amides is 1. The van der Waals surface area contributed by atoms with Crippen molar-refractivity contribution >= 4 is 16.8 Å². The first-order valence-corrected chi connectivity index (χ1v) is 9.52. The minimum Gasteiger partial charge on any atom is -0.361 e. The van der Waals surface area contributed by atoms with Crippen molar-refractivity contribution in [3.8, 4) is 0 Å². The topological polar surface area (TPSA) is 48.1 Å². The van der Waals surface area contributed by atoms with Crippen LogP contribution in [0.3, 0.4) is 0 Å². The smallest absolute Gasteiger partial charge is 0.237 e. The molecule has 1 aromatic heterocycles. The third-order valence-electron chi connectivity index (χ3n) is 5.32. The number of benzene rings is 2. The minimum absolute atomic E-state index is 0.0535. The number of likely N-dealkylation sites (tertiary alicyclic amines) is 1. The van der Waals surface area contributed by atoms with Crippen LogP contribution in [0.2, 0.25) is 0 Å². The number of H-pyrrole nitrogens is 1. The molecule has 140 valence electrons. The van der Waals surface area contributed by atoms with E-state index in [1.165, 1.54) is 17.7 Å². The number of aromatic amines is 1. The summed E-state index contributed by atoms with van der Waals surface area (Å²) in [5, 5.41) is 4.10. The molecule has 1 saturated heterocycles. The quantitative estimate of drug-likeness (QED) is 0.701. The fraction of sp³-hybridized carbons (Fsp3) is 0.318. The molecule has 1 aliphatic rings. The molecule has 0 aliphatic carbocycles. The molecule has 4 nitrogen and oxygen atoms in total. The van der Waals surface area contributed by atoms with Gasteiger partial charge in [-0.05, 0) is 55.1 Å². The first-order valence-electron chi connectivity index (χ1n) is 9.52. The molecule has 0 radical (unpaired) electrons. The van der Waals surface area contributed by atoms with Crippen molar-refractivity contribution < 1.29 is 9.18 Å². The zero-order valence-corrected chi connectivity index (χ0v) is 15.2. The Kier molecular flexibility index (Phi) is 5.21. The van der Waals surface area contributed by atoms with Gasteiger partial charge in [0.1, 0.15) is 5.82 Å². The number of carbonyl (C=O) groups is 1. The molecule has 1 fully saturated rings. The maximum absolute atomic E-state index is 13.3. The van der Waals surface area contributed by atoms with Gasteiger partial charge in [0.2, 0.25) is 5.91 Å². The molecule has 5 heteroatoms. The Morgan fingerprint density at radius 2 is 2.07 bits per heavy atom. The number of carbonyl (C=O) groups excluding carboxylic acids is 1. The fourth-order valence-corrected chi connectivity index (χ4v) is 3.93. The van der Waals surface area contributed by atoms with Crippen LogP contribution in [0.1, 0.15) is 24.0 Å². The molecule has 2 heterocycles. The molecule has 2 N–H and O–H groups in total. The first-order chi connectivity index (χ1) is 13.2. The molecular formula is C22H24FN3O. The molecule has 1 unspecified atom stereocenters. The molecule has 0 bridgehead atoms. The highest BCUT2D eigenvalue weighted by Crippen LogP contribution is 2.21. The Balaban J connectivity index is 1.33. The van der Waals surface area contributed by atoms with E-state index in [1.807, 2.05) is 24.4 Å². The van der Waals surface area contributed by atoms with Crippen LogP contribution in [0.25, 0.3) is 10.9 Å². The standard InChI is InChI=1S/C22H24FN3O/c23-18-8-9-19-17(14-25-20(19)13-18)10-11-24-22(27)21-7-4-12-26(21)15-16-5-2-1-3-6-16/h1-3,5-6,8-9,13-14,21,25H,4,7,10-12,15H2,(H,24,27). The van der Waals surface area contributed by atoms with Gasteiger partial charge in [-0.1, -0.05) is 30.3 Å². The minimum atomic E-state index is -0.246. The number of hydrogen-bond acceptors (Lipinski definition) is 2. The van der Waals surface area contributed by atoms with E-state index in [0.29, 0.717) is 6.54 Å². The third kappa shape index (κ3) is 4.03. The van der Waals surface area contributed by atoms with E-state index < -0.39 is 0 Å². The lowest BCUT2D eigenvalue weighted by Gasteiger charge is -2.23. The molecule has 0 spiro atoms. The Morgan fingerprint density at radius 3 is 2.93 bits per heavy atom. The van der Waals surface area contributed by atoms with Crippen molar-refractivity contribution in [2.45, 2.75) is 31.8 Å². The van der Waals surface area contributed by atoms with E-state index in [2.05, 4.69) is 27.3 Å². The average molecular weight is 365 g/mol. The molecule has 3 aromatic rings. The number of aromatic nitrogens is 1. The number of halogens is 1. The van der Waals surface area contributed by atoms with E-state index in [-0.39, 0.29) is 17.8 Å². The Morgan fingerprint density at radius 1 is 1.22 bits per heavy atom. The van der Waals surface area contributed by atoms with E-state index in [9.17, 15) is 9.18 Å². The van der Waals surface area contributed by atoms with E-state index in [0.717, 1.165) is 48.8 Å². The molecule has 27 heavy (non-hydrogen) atoms. The molecule has 0 saturated carbocycles. The van der Waals surface area contributed by atoms with Gasteiger partial charge in [-0.25, -0.2) is 4.39 Å². The number of nitrogens with one attached hydrogen (secondary N) is 2. The normalized spacial score (nSPS) is 17.4. The van der Waals surface area contributed by atoms with Gasteiger partial charge in [-0.2, -0.15) is 0 Å². The SMILES string of the molecule is O=C(NCCc1c[nH]c2cc(F)ccc12)C1CCCN1Cc1ccccc1. The second-order valence-corrected chi connectivity index (χ2v) is 7.16. The van der Waals surface area contributed by atoms with Crippen LogP contribution in [0.5, 0.6) is 0 Å². The summed E-state index contributed by atoms with van der Waals surface area (Å²) in [5.41, 5.74) is 3.13. The van der Waals surface area contributed by atoms with E-state index >= 15 is 0 Å². The summed E-state index contributed by atoms with van der Waals surface area (Å²) in [6, 6.07) is 15.0. The zero-order valence-electron chi connectivity index (χ0n) is 15.2. The van der Waals surface area contributed by atoms with Gasteiger partial charge in [0.25, 0.3) is 0 Å². The lowest BCUT2D eigenvalue weighted by molar-refractivity contribution is -0.125. The van der Waals surface area contributed by atoms with Crippen LogP contribution < -0.4 is 5.32 Å². The third-order valence-corrected chi connectivity index (χ3v) is 5.32. The molecular weight excluding hydrogens is 341 g/mol. The van der Waals surface area contributed by atoms with Crippen molar-refractivity contribution in [2.24, 2.45) is 0 Å². The lowest BCUT2D eigenvalue weighted by atomic mass is 10.1. The van der Waals surface area contributed by atoms with Crippen LogP contribution >= 0.6 is 0 Å². The Bertz CT molecular complexity index is 922. The van der Waals surface area contributed by atoms with Crippen molar-refractivity contribution in [2.75, 3.05) is 13.1 Å². The van der Waals surface area contributed by atoms with Crippen LogP contribution in [0.15, 0.2) is 54.7 Å². The molecule has 2 aromatic carbocycles. The average Bonchev–Trinajstić information content (AvgIpc) is 3.29. The summed E-state index contributed by atoms with van der Waals surface area (Å²) < 4.78 is 13.3. The highest BCUT2D eigenvalue weighted by Gasteiger charge is 2.30. The van der Waals surface area contributed by atoms with Gasteiger partial charge in [0.05, 0.1) is 6.04 Å². The van der Waals surface area contributed by atoms with Gasteiger partial charge in [-0.3, -0.25) is 9.69 Å². The number of hydrogen-bond donors (Lipinski definition) is 2.